The fourth-order valence-corrected chi connectivity index (χ4v) is 1.45. The number of ether oxygens (including phenoxy) is 1. The molecule has 0 amide bonds. The first-order valence-corrected chi connectivity index (χ1v) is 4.45. The number of aromatic nitrogens is 1. The smallest absolute Gasteiger partial charge is 0.338 e. The number of rotatable bonds is 1. The molecule has 0 saturated heterocycles. The summed E-state index contributed by atoms with van der Waals surface area (Å²) < 4.78 is 4.68. The van der Waals surface area contributed by atoms with Crippen molar-refractivity contribution >= 4 is 35.0 Å². The maximum absolute atomic E-state index is 11.4. The molecular formula is C11H11ClN2O2. The van der Waals surface area contributed by atoms with Gasteiger partial charge in [-0.3, -0.25) is 4.98 Å². The number of nitrogens with zero attached hydrogens (tertiary/aromatic N) is 1. The standard InChI is InChI=1S/C11H10N2O2.ClH/c1-15-11(14)8-4-5-13-10-3-2-7(12)6-9(8)10;/h2-6H,12H2,1H3;1H. The third-order valence-corrected chi connectivity index (χ3v) is 2.17. The molecule has 0 aliphatic carbocycles. The van der Waals surface area contributed by atoms with E-state index in [0.717, 1.165) is 5.52 Å². The highest BCUT2D eigenvalue weighted by Crippen LogP contribution is 2.19. The highest BCUT2D eigenvalue weighted by atomic mass is 35.5. The van der Waals surface area contributed by atoms with Gasteiger partial charge in [0.25, 0.3) is 0 Å². The molecule has 0 fully saturated rings. The van der Waals surface area contributed by atoms with Gasteiger partial charge in [-0.1, -0.05) is 0 Å². The third-order valence-electron chi connectivity index (χ3n) is 2.17. The quantitative estimate of drug-likeness (QED) is 0.610. The highest BCUT2D eigenvalue weighted by Gasteiger charge is 2.10. The van der Waals surface area contributed by atoms with Crippen LogP contribution < -0.4 is 5.73 Å². The van der Waals surface area contributed by atoms with E-state index in [2.05, 4.69) is 9.72 Å². The number of esters is 1. The molecule has 2 aromatic rings. The topological polar surface area (TPSA) is 65.2 Å². The Hall–Kier alpha value is -1.81. The number of carbonyl (C=O) groups is 1. The molecule has 84 valence electrons. The van der Waals surface area contributed by atoms with Gasteiger partial charge in [-0.15, -0.1) is 12.4 Å². The number of hydrogen-bond donors (Lipinski definition) is 1. The molecule has 2 rings (SSSR count). The van der Waals surface area contributed by atoms with Gasteiger partial charge >= 0.3 is 5.97 Å². The Bertz CT molecular complexity index is 528. The molecule has 0 spiro atoms. The summed E-state index contributed by atoms with van der Waals surface area (Å²) in [6, 6.07) is 6.86. The van der Waals surface area contributed by atoms with Crippen LogP contribution in [-0.4, -0.2) is 18.1 Å². The van der Waals surface area contributed by atoms with Crippen LogP contribution in [0.4, 0.5) is 5.69 Å². The van der Waals surface area contributed by atoms with Gasteiger partial charge in [0.1, 0.15) is 0 Å². The molecule has 0 aliphatic rings. The molecule has 0 bridgehead atoms. The number of benzene rings is 1. The predicted octanol–water partition coefficient (Wildman–Crippen LogP) is 2.03. The van der Waals surface area contributed by atoms with E-state index in [9.17, 15) is 4.79 Å². The lowest BCUT2D eigenvalue weighted by Crippen LogP contribution is -2.02. The van der Waals surface area contributed by atoms with Gasteiger partial charge in [0, 0.05) is 17.3 Å². The van der Waals surface area contributed by atoms with Crippen molar-refractivity contribution < 1.29 is 9.53 Å². The molecule has 0 atom stereocenters. The summed E-state index contributed by atoms with van der Waals surface area (Å²) in [5.74, 6) is -0.381. The second kappa shape index (κ2) is 4.81. The molecule has 1 heterocycles. The lowest BCUT2D eigenvalue weighted by molar-refractivity contribution is 0.0603. The molecule has 2 N–H and O–H groups in total. The molecule has 0 aliphatic heterocycles. The largest absolute Gasteiger partial charge is 0.465 e. The number of carbonyl (C=O) groups excluding carboxylic acids is 1. The number of hydrogen-bond acceptors (Lipinski definition) is 4. The molecule has 1 aromatic carbocycles. The summed E-state index contributed by atoms with van der Waals surface area (Å²) in [6.45, 7) is 0. The van der Waals surface area contributed by atoms with Crippen LogP contribution in [0, 0.1) is 0 Å². The lowest BCUT2D eigenvalue weighted by atomic mass is 10.1. The fraction of sp³-hybridized carbons (Fsp3) is 0.0909. The Kier molecular flexibility index (Phi) is 3.68. The molecule has 4 nitrogen and oxygen atoms in total. The average Bonchev–Trinajstić information content (AvgIpc) is 2.27. The molecule has 5 heteroatoms. The number of pyridine rings is 1. The van der Waals surface area contributed by atoms with Crippen molar-refractivity contribution in [1.82, 2.24) is 4.98 Å². The second-order valence-electron chi connectivity index (χ2n) is 3.13. The number of halogens is 1. The zero-order valence-corrected chi connectivity index (χ0v) is 9.45. The van der Waals surface area contributed by atoms with Crippen LogP contribution in [0.25, 0.3) is 10.9 Å². The summed E-state index contributed by atoms with van der Waals surface area (Å²) in [5, 5.41) is 0.712. The highest BCUT2D eigenvalue weighted by molar-refractivity contribution is 6.03. The first kappa shape index (κ1) is 12.3. The summed E-state index contributed by atoms with van der Waals surface area (Å²) in [5.41, 5.74) is 7.46. The summed E-state index contributed by atoms with van der Waals surface area (Å²) >= 11 is 0. The first-order chi connectivity index (χ1) is 7.22. The Labute approximate surface area is 98.8 Å². The SMILES string of the molecule is COC(=O)c1ccnc2ccc(N)cc12.Cl. The van der Waals surface area contributed by atoms with Crippen molar-refractivity contribution in [1.29, 1.82) is 0 Å². The van der Waals surface area contributed by atoms with Crippen molar-refractivity contribution in [2.45, 2.75) is 0 Å². The number of methoxy groups -OCH3 is 1. The van der Waals surface area contributed by atoms with Crippen molar-refractivity contribution in [3.8, 4) is 0 Å². The van der Waals surface area contributed by atoms with Crippen LogP contribution in [-0.2, 0) is 4.74 Å². The van der Waals surface area contributed by atoms with Crippen molar-refractivity contribution in [2.24, 2.45) is 0 Å². The Morgan fingerprint density at radius 2 is 2.12 bits per heavy atom. The zero-order valence-electron chi connectivity index (χ0n) is 8.64. The van der Waals surface area contributed by atoms with E-state index in [1.54, 1.807) is 30.5 Å². The first-order valence-electron chi connectivity index (χ1n) is 4.45. The normalized spacial score (nSPS) is 9.56. The van der Waals surface area contributed by atoms with Crippen LogP contribution in [0.1, 0.15) is 10.4 Å². The summed E-state index contributed by atoms with van der Waals surface area (Å²) in [4.78, 5) is 15.6. The minimum Gasteiger partial charge on any atom is -0.465 e. The van der Waals surface area contributed by atoms with Gasteiger partial charge < -0.3 is 10.5 Å². The molecule has 0 radical (unpaired) electrons. The minimum atomic E-state index is -0.381. The number of fused-ring (bicyclic) bond motifs is 1. The minimum absolute atomic E-state index is 0. The molecular weight excluding hydrogens is 228 g/mol. The Morgan fingerprint density at radius 3 is 2.81 bits per heavy atom. The van der Waals surface area contributed by atoms with Gasteiger partial charge in [-0.05, 0) is 24.3 Å². The van der Waals surface area contributed by atoms with E-state index in [4.69, 9.17) is 5.73 Å². The van der Waals surface area contributed by atoms with E-state index in [0.29, 0.717) is 16.6 Å². The van der Waals surface area contributed by atoms with Crippen molar-refractivity contribution in [3.05, 3.63) is 36.0 Å². The molecule has 0 saturated carbocycles. The molecule has 0 unspecified atom stereocenters. The lowest BCUT2D eigenvalue weighted by Gasteiger charge is -2.04. The van der Waals surface area contributed by atoms with Crippen LogP contribution in [0.2, 0.25) is 0 Å². The van der Waals surface area contributed by atoms with Gasteiger partial charge in [0.2, 0.25) is 0 Å². The van der Waals surface area contributed by atoms with E-state index in [-0.39, 0.29) is 18.4 Å². The zero-order chi connectivity index (χ0) is 10.8. The average molecular weight is 239 g/mol. The summed E-state index contributed by atoms with van der Waals surface area (Å²) in [7, 11) is 1.35. The summed E-state index contributed by atoms with van der Waals surface area (Å²) in [6.07, 6.45) is 1.57. The van der Waals surface area contributed by atoms with E-state index in [1.807, 2.05) is 0 Å². The Balaban J connectivity index is 0.00000128. The number of anilines is 1. The van der Waals surface area contributed by atoms with Crippen LogP contribution in [0.15, 0.2) is 30.5 Å². The predicted molar refractivity (Wildman–Crippen MR) is 64.7 cm³/mol. The van der Waals surface area contributed by atoms with Gasteiger partial charge in [0.05, 0.1) is 18.2 Å². The van der Waals surface area contributed by atoms with E-state index < -0.39 is 0 Å². The maximum atomic E-state index is 11.4. The molecule has 16 heavy (non-hydrogen) atoms. The third kappa shape index (κ3) is 2.06. The number of nitrogen functional groups attached to an aromatic ring is 1. The van der Waals surface area contributed by atoms with E-state index in [1.165, 1.54) is 7.11 Å². The van der Waals surface area contributed by atoms with Crippen molar-refractivity contribution in [3.63, 3.8) is 0 Å². The van der Waals surface area contributed by atoms with Crippen LogP contribution >= 0.6 is 12.4 Å². The van der Waals surface area contributed by atoms with Crippen LogP contribution in [0.5, 0.6) is 0 Å². The van der Waals surface area contributed by atoms with Gasteiger partial charge in [-0.25, -0.2) is 4.79 Å². The second-order valence-corrected chi connectivity index (χ2v) is 3.13. The van der Waals surface area contributed by atoms with Crippen molar-refractivity contribution in [2.75, 3.05) is 12.8 Å². The molecule has 1 aromatic heterocycles. The van der Waals surface area contributed by atoms with Gasteiger partial charge in [-0.2, -0.15) is 0 Å². The maximum Gasteiger partial charge on any atom is 0.338 e. The number of nitrogens with two attached hydrogens (primary N) is 1. The van der Waals surface area contributed by atoms with Gasteiger partial charge in [0.15, 0.2) is 0 Å². The Morgan fingerprint density at radius 1 is 1.38 bits per heavy atom. The monoisotopic (exact) mass is 238 g/mol. The van der Waals surface area contributed by atoms with Crippen LogP contribution in [0.3, 0.4) is 0 Å². The van der Waals surface area contributed by atoms with E-state index >= 15 is 0 Å². The fourth-order valence-electron chi connectivity index (χ4n) is 1.45.